The van der Waals surface area contributed by atoms with E-state index in [4.69, 9.17) is 5.73 Å². The monoisotopic (exact) mass is 280 g/mol. The summed E-state index contributed by atoms with van der Waals surface area (Å²) in [7, 11) is -2.88. The molecule has 0 atom stereocenters. The number of hydrogen-bond acceptors (Lipinski definition) is 6. The van der Waals surface area contributed by atoms with Gasteiger partial charge in [-0.25, -0.2) is 13.4 Å². The van der Waals surface area contributed by atoms with Gasteiger partial charge in [0.05, 0.1) is 15.7 Å². The number of rotatable bonds is 6. The second-order valence-corrected chi connectivity index (χ2v) is 8.12. The van der Waals surface area contributed by atoms with Crippen LogP contribution in [-0.2, 0) is 9.84 Å². The predicted octanol–water partition coefficient (Wildman–Crippen LogP) is 1.95. The van der Waals surface area contributed by atoms with Crippen LogP contribution in [0.5, 0.6) is 0 Å². The molecule has 0 fully saturated rings. The van der Waals surface area contributed by atoms with Crippen molar-refractivity contribution in [2.24, 2.45) is 0 Å². The van der Waals surface area contributed by atoms with Crippen molar-refractivity contribution < 1.29 is 8.42 Å². The number of nitrogens with zero attached hydrogens (tertiary/aromatic N) is 1. The highest BCUT2D eigenvalue weighted by atomic mass is 32.2. The van der Waals surface area contributed by atoms with Crippen LogP contribution in [0.15, 0.2) is 4.21 Å². The number of aryl methyl sites for hydroxylation is 1. The van der Waals surface area contributed by atoms with Crippen molar-refractivity contribution in [1.82, 2.24) is 4.98 Å². The molecule has 1 rings (SSSR count). The van der Waals surface area contributed by atoms with Gasteiger partial charge in [0.25, 0.3) is 0 Å². The molecular weight excluding hydrogens is 264 g/mol. The summed E-state index contributed by atoms with van der Waals surface area (Å²) >= 11 is 2.93. The van der Waals surface area contributed by atoms with Crippen molar-refractivity contribution in [3.8, 4) is 0 Å². The van der Waals surface area contributed by atoms with E-state index >= 15 is 0 Å². The minimum Gasteiger partial charge on any atom is -0.375 e. The van der Waals surface area contributed by atoms with Crippen LogP contribution in [0.25, 0.3) is 0 Å². The molecule has 0 aliphatic heterocycles. The Morgan fingerprint density at radius 2 is 2.12 bits per heavy atom. The zero-order valence-corrected chi connectivity index (χ0v) is 11.8. The number of hydrogen-bond donors (Lipinski definition) is 1. The molecule has 0 saturated heterocycles. The average Bonchev–Trinajstić information content (AvgIpc) is 2.44. The Morgan fingerprint density at radius 3 is 2.62 bits per heavy atom. The molecule has 1 aromatic rings. The smallest absolute Gasteiger partial charge is 0.181 e. The lowest BCUT2D eigenvalue weighted by molar-refractivity contribution is 0.596. The largest absolute Gasteiger partial charge is 0.375 e. The van der Waals surface area contributed by atoms with Crippen molar-refractivity contribution in [2.75, 3.05) is 23.0 Å². The molecule has 1 aromatic heterocycles. The van der Waals surface area contributed by atoms with Crippen LogP contribution >= 0.6 is 23.1 Å². The fourth-order valence-corrected chi connectivity index (χ4v) is 5.13. The first-order chi connectivity index (χ1) is 7.44. The second-order valence-electron chi connectivity index (χ2n) is 3.43. The van der Waals surface area contributed by atoms with Gasteiger partial charge in [0.1, 0.15) is 0 Å². The van der Waals surface area contributed by atoms with Crippen LogP contribution in [0.2, 0.25) is 0 Å². The Hall–Kier alpha value is -0.270. The minimum absolute atomic E-state index is 0.225. The van der Waals surface area contributed by atoms with Crippen LogP contribution < -0.4 is 5.73 Å². The van der Waals surface area contributed by atoms with Crippen LogP contribution in [0.4, 0.5) is 5.13 Å². The van der Waals surface area contributed by atoms with E-state index in [-0.39, 0.29) is 11.5 Å². The van der Waals surface area contributed by atoms with Gasteiger partial charge >= 0.3 is 0 Å². The summed E-state index contributed by atoms with van der Waals surface area (Å²) in [6.45, 7) is 3.76. The van der Waals surface area contributed by atoms with Crippen molar-refractivity contribution in [3.63, 3.8) is 0 Å². The Morgan fingerprint density at radius 1 is 1.44 bits per heavy atom. The third-order valence-electron chi connectivity index (χ3n) is 1.91. The van der Waals surface area contributed by atoms with Crippen LogP contribution in [0.1, 0.15) is 19.0 Å². The maximum absolute atomic E-state index is 11.5. The van der Waals surface area contributed by atoms with Crippen molar-refractivity contribution in [3.05, 3.63) is 5.69 Å². The van der Waals surface area contributed by atoms with Crippen molar-refractivity contribution in [2.45, 2.75) is 24.5 Å². The fourth-order valence-electron chi connectivity index (χ4n) is 1.21. The molecule has 1 heterocycles. The van der Waals surface area contributed by atoms with E-state index in [1.54, 1.807) is 0 Å². The molecule has 2 N–H and O–H groups in total. The summed E-state index contributed by atoms with van der Waals surface area (Å²) < 4.78 is 23.9. The Bertz CT molecular complexity index is 440. The molecule has 0 bridgehead atoms. The molecule has 0 saturated carbocycles. The highest BCUT2D eigenvalue weighted by Crippen LogP contribution is 2.30. The van der Waals surface area contributed by atoms with Gasteiger partial charge < -0.3 is 5.73 Å². The Labute approximate surface area is 105 Å². The van der Waals surface area contributed by atoms with Crippen molar-refractivity contribution in [1.29, 1.82) is 0 Å². The maximum atomic E-state index is 11.5. The number of aromatic nitrogens is 1. The quantitative estimate of drug-likeness (QED) is 0.806. The molecule has 0 unspecified atom stereocenters. The lowest BCUT2D eigenvalue weighted by Gasteiger charge is -2.01. The highest BCUT2D eigenvalue weighted by molar-refractivity contribution is 8.02. The summed E-state index contributed by atoms with van der Waals surface area (Å²) in [5.74, 6) is 1.07. The summed E-state index contributed by atoms with van der Waals surface area (Å²) in [4.78, 5) is 4.09. The lowest BCUT2D eigenvalue weighted by Crippen LogP contribution is -2.12. The Kier molecular flexibility index (Phi) is 5.07. The lowest BCUT2D eigenvalue weighted by atomic mass is 10.6. The molecule has 0 aliphatic carbocycles. The van der Waals surface area contributed by atoms with Gasteiger partial charge in [0.15, 0.2) is 15.0 Å². The van der Waals surface area contributed by atoms with E-state index in [1.165, 1.54) is 23.1 Å². The number of sulfone groups is 1. The molecule has 0 aromatic carbocycles. The van der Waals surface area contributed by atoms with Gasteiger partial charge in [-0.2, -0.15) is 0 Å². The molecule has 16 heavy (non-hydrogen) atoms. The van der Waals surface area contributed by atoms with E-state index < -0.39 is 9.84 Å². The first-order valence-electron chi connectivity index (χ1n) is 5.00. The zero-order chi connectivity index (χ0) is 12.2. The summed E-state index contributed by atoms with van der Waals surface area (Å²) in [5, 5.41) is 0.538. The van der Waals surface area contributed by atoms with E-state index in [0.29, 0.717) is 17.3 Å². The first kappa shape index (κ1) is 13.8. The van der Waals surface area contributed by atoms with Gasteiger partial charge in [-0.1, -0.05) is 18.3 Å². The van der Waals surface area contributed by atoms with Crippen LogP contribution in [0.3, 0.4) is 0 Å². The third kappa shape index (κ3) is 4.31. The van der Waals surface area contributed by atoms with E-state index in [1.807, 2.05) is 13.8 Å². The van der Waals surface area contributed by atoms with Crippen LogP contribution in [-0.4, -0.2) is 30.7 Å². The van der Waals surface area contributed by atoms with E-state index in [2.05, 4.69) is 4.98 Å². The standard InChI is InChI=1S/C9H16N2O2S3/c1-3-5-16(12,13)6-4-14-8-7(2)11-9(10)15-8/h3-6H2,1-2H3,(H2,10,11). The maximum Gasteiger partial charge on any atom is 0.181 e. The SMILES string of the molecule is CCCS(=O)(=O)CCSc1sc(N)nc1C. The number of nitrogens with two attached hydrogens (primary N) is 1. The molecule has 0 radical (unpaired) electrons. The molecular formula is C9H16N2O2S3. The normalized spacial score (nSPS) is 11.9. The number of thiazole rings is 1. The molecule has 4 nitrogen and oxygen atoms in total. The average molecular weight is 280 g/mol. The summed E-state index contributed by atoms with van der Waals surface area (Å²) in [6.07, 6.45) is 0.680. The summed E-state index contributed by atoms with van der Waals surface area (Å²) in [6, 6.07) is 0. The number of thioether (sulfide) groups is 1. The third-order valence-corrected chi connectivity index (χ3v) is 6.38. The minimum atomic E-state index is -2.88. The van der Waals surface area contributed by atoms with Crippen molar-refractivity contribution >= 4 is 38.1 Å². The van der Waals surface area contributed by atoms with E-state index in [0.717, 1.165) is 9.90 Å². The van der Waals surface area contributed by atoms with E-state index in [9.17, 15) is 8.42 Å². The number of nitrogen functional groups attached to an aromatic ring is 1. The summed E-state index contributed by atoms with van der Waals surface area (Å²) in [5.41, 5.74) is 6.45. The first-order valence-corrected chi connectivity index (χ1v) is 8.63. The van der Waals surface area contributed by atoms with Gasteiger partial charge in [-0.15, -0.1) is 11.8 Å². The van der Waals surface area contributed by atoms with Gasteiger partial charge in [0, 0.05) is 11.5 Å². The molecule has 7 heteroatoms. The topological polar surface area (TPSA) is 73.0 Å². The number of anilines is 1. The molecule has 0 amide bonds. The van der Waals surface area contributed by atoms with Gasteiger partial charge in [-0.3, -0.25) is 0 Å². The zero-order valence-electron chi connectivity index (χ0n) is 9.39. The highest BCUT2D eigenvalue weighted by Gasteiger charge is 2.11. The molecule has 92 valence electrons. The van der Waals surface area contributed by atoms with Gasteiger partial charge in [0.2, 0.25) is 0 Å². The van der Waals surface area contributed by atoms with Gasteiger partial charge in [-0.05, 0) is 13.3 Å². The molecule has 0 aliphatic rings. The molecule has 0 spiro atoms. The van der Waals surface area contributed by atoms with Crippen LogP contribution in [0, 0.1) is 6.92 Å². The fraction of sp³-hybridized carbons (Fsp3) is 0.667. The second kappa shape index (κ2) is 5.88. The Balaban J connectivity index is 2.45. The predicted molar refractivity (Wildman–Crippen MR) is 70.9 cm³/mol.